The minimum atomic E-state index is -0.270. The molecule has 2 aromatic rings. The fourth-order valence-electron chi connectivity index (χ4n) is 2.84. The highest BCUT2D eigenvalue weighted by molar-refractivity contribution is 5.94. The Morgan fingerprint density at radius 3 is 2.78 bits per heavy atom. The summed E-state index contributed by atoms with van der Waals surface area (Å²) in [7, 11) is 0. The second-order valence-corrected chi connectivity index (χ2v) is 6.44. The van der Waals surface area contributed by atoms with Gasteiger partial charge in [-0.05, 0) is 50.3 Å². The van der Waals surface area contributed by atoms with Gasteiger partial charge in [-0.3, -0.25) is 9.59 Å². The minimum absolute atomic E-state index is 0.132. The Kier molecular flexibility index (Phi) is 4.33. The summed E-state index contributed by atoms with van der Waals surface area (Å²) in [6.07, 6.45) is 4.05. The monoisotopic (exact) mass is 310 g/mol. The molecule has 1 saturated carbocycles. The van der Waals surface area contributed by atoms with E-state index in [4.69, 9.17) is 0 Å². The zero-order chi connectivity index (χ0) is 16.4. The molecule has 1 aromatic carbocycles. The Bertz CT molecular complexity index is 775. The lowest BCUT2D eigenvalue weighted by Gasteiger charge is -2.13. The van der Waals surface area contributed by atoms with Crippen LogP contribution in [-0.2, 0) is 6.54 Å². The van der Waals surface area contributed by atoms with E-state index in [2.05, 4.69) is 5.32 Å². The molecule has 1 N–H and O–H groups in total. The molecule has 1 fully saturated rings. The fourth-order valence-corrected chi connectivity index (χ4v) is 2.84. The average Bonchev–Trinajstić information content (AvgIpc) is 3.34. The van der Waals surface area contributed by atoms with Gasteiger partial charge in [0.2, 0.25) is 0 Å². The van der Waals surface area contributed by atoms with Crippen molar-refractivity contribution in [2.24, 2.45) is 5.92 Å². The molecule has 4 nitrogen and oxygen atoms in total. The van der Waals surface area contributed by atoms with Gasteiger partial charge >= 0.3 is 0 Å². The van der Waals surface area contributed by atoms with Gasteiger partial charge in [-0.15, -0.1) is 0 Å². The molecule has 4 heteroatoms. The molecule has 0 radical (unpaired) electrons. The second-order valence-electron chi connectivity index (χ2n) is 6.44. The van der Waals surface area contributed by atoms with E-state index in [1.807, 2.05) is 38.1 Å². The van der Waals surface area contributed by atoms with Crippen LogP contribution in [0.5, 0.6) is 0 Å². The number of rotatable bonds is 5. The number of hydrogen-bond donors (Lipinski definition) is 1. The Labute approximate surface area is 136 Å². The molecule has 0 spiro atoms. The van der Waals surface area contributed by atoms with Crippen LogP contribution in [0.25, 0.3) is 0 Å². The molecule has 23 heavy (non-hydrogen) atoms. The van der Waals surface area contributed by atoms with Crippen molar-refractivity contribution in [1.29, 1.82) is 0 Å². The molecule has 1 aliphatic rings. The number of carbonyl (C=O) groups is 1. The number of pyridine rings is 1. The van der Waals surface area contributed by atoms with Gasteiger partial charge < -0.3 is 9.88 Å². The molecule has 0 bridgehead atoms. The number of amides is 1. The predicted molar refractivity (Wildman–Crippen MR) is 90.6 cm³/mol. The quantitative estimate of drug-likeness (QED) is 0.923. The lowest BCUT2D eigenvalue weighted by molar-refractivity contribution is 0.0933. The Morgan fingerprint density at radius 1 is 1.30 bits per heavy atom. The molecule has 3 rings (SSSR count). The lowest BCUT2D eigenvalue weighted by Crippen LogP contribution is -2.38. The number of hydrogen-bond acceptors (Lipinski definition) is 2. The van der Waals surface area contributed by atoms with E-state index >= 15 is 0 Å². The first kappa shape index (κ1) is 15.5. The molecule has 0 saturated heterocycles. The van der Waals surface area contributed by atoms with Gasteiger partial charge in [-0.25, -0.2) is 0 Å². The Balaban J connectivity index is 1.80. The zero-order valence-corrected chi connectivity index (χ0v) is 13.6. The van der Waals surface area contributed by atoms with E-state index in [0.29, 0.717) is 12.5 Å². The summed E-state index contributed by atoms with van der Waals surface area (Å²) in [5, 5.41) is 2.95. The summed E-state index contributed by atoms with van der Waals surface area (Å²) in [5.74, 6) is 0.296. The van der Waals surface area contributed by atoms with Crippen LogP contribution < -0.4 is 10.9 Å². The highest BCUT2D eigenvalue weighted by Crippen LogP contribution is 2.32. The van der Waals surface area contributed by atoms with Crippen LogP contribution in [0, 0.1) is 12.8 Å². The van der Waals surface area contributed by atoms with Gasteiger partial charge in [-0.1, -0.05) is 29.8 Å². The summed E-state index contributed by atoms with van der Waals surface area (Å²) < 4.78 is 1.59. The lowest BCUT2D eigenvalue weighted by atomic mass is 10.1. The first-order chi connectivity index (χ1) is 11.0. The van der Waals surface area contributed by atoms with Crippen molar-refractivity contribution < 1.29 is 4.79 Å². The second kappa shape index (κ2) is 6.41. The smallest absolute Gasteiger partial charge is 0.263 e. The number of benzene rings is 1. The van der Waals surface area contributed by atoms with Crippen LogP contribution in [0.15, 0.2) is 47.4 Å². The van der Waals surface area contributed by atoms with Crippen molar-refractivity contribution >= 4 is 5.91 Å². The van der Waals surface area contributed by atoms with Crippen LogP contribution in [0.4, 0.5) is 0 Å². The highest BCUT2D eigenvalue weighted by Gasteiger charge is 2.29. The molecule has 0 aliphatic heterocycles. The third-order valence-electron chi connectivity index (χ3n) is 4.39. The maximum atomic E-state index is 12.6. The normalized spacial score (nSPS) is 15.2. The third-order valence-corrected chi connectivity index (χ3v) is 4.39. The van der Waals surface area contributed by atoms with E-state index in [9.17, 15) is 9.59 Å². The summed E-state index contributed by atoms with van der Waals surface area (Å²) >= 11 is 0. The summed E-state index contributed by atoms with van der Waals surface area (Å²) in [4.78, 5) is 24.9. The van der Waals surface area contributed by atoms with E-state index in [-0.39, 0.29) is 23.1 Å². The van der Waals surface area contributed by atoms with Crippen molar-refractivity contribution in [3.63, 3.8) is 0 Å². The standard InChI is InChI=1S/C19H22N2O2/c1-13-5-3-6-15(11-13)12-21-10-4-7-17(19(21)23)18(22)20-14(2)16-8-9-16/h3-7,10-11,14,16H,8-9,12H2,1-2H3,(H,20,22)/t14-/m0/s1. The molecule has 1 atom stereocenters. The third kappa shape index (κ3) is 3.70. The van der Waals surface area contributed by atoms with Crippen molar-refractivity contribution in [3.05, 3.63) is 69.6 Å². The van der Waals surface area contributed by atoms with Gasteiger partial charge in [0.15, 0.2) is 0 Å². The first-order valence-electron chi connectivity index (χ1n) is 8.10. The average molecular weight is 310 g/mol. The minimum Gasteiger partial charge on any atom is -0.349 e. The van der Waals surface area contributed by atoms with Crippen LogP contribution in [0.1, 0.15) is 41.3 Å². The number of nitrogens with one attached hydrogen (secondary N) is 1. The Morgan fingerprint density at radius 2 is 2.09 bits per heavy atom. The van der Waals surface area contributed by atoms with Crippen LogP contribution in [-0.4, -0.2) is 16.5 Å². The van der Waals surface area contributed by atoms with Crippen LogP contribution >= 0.6 is 0 Å². The summed E-state index contributed by atoms with van der Waals surface area (Å²) in [6.45, 7) is 4.50. The SMILES string of the molecule is Cc1cccc(Cn2cccc(C(=O)N[C@@H](C)C3CC3)c2=O)c1. The molecule has 0 unspecified atom stereocenters. The van der Waals surface area contributed by atoms with Gasteiger partial charge in [0.05, 0.1) is 6.54 Å². The van der Waals surface area contributed by atoms with E-state index < -0.39 is 0 Å². The van der Waals surface area contributed by atoms with Crippen LogP contribution in [0.3, 0.4) is 0 Å². The fraction of sp³-hybridized carbons (Fsp3) is 0.368. The molecule has 1 heterocycles. The van der Waals surface area contributed by atoms with E-state index in [0.717, 1.165) is 24.0 Å². The maximum Gasteiger partial charge on any atom is 0.263 e. The van der Waals surface area contributed by atoms with E-state index in [1.54, 1.807) is 22.9 Å². The summed E-state index contributed by atoms with van der Waals surface area (Å²) in [5.41, 5.74) is 2.18. The van der Waals surface area contributed by atoms with E-state index in [1.165, 1.54) is 0 Å². The van der Waals surface area contributed by atoms with Crippen molar-refractivity contribution in [2.75, 3.05) is 0 Å². The highest BCUT2D eigenvalue weighted by atomic mass is 16.2. The van der Waals surface area contributed by atoms with Gasteiger partial charge in [0.25, 0.3) is 11.5 Å². The molecule has 1 aromatic heterocycles. The van der Waals surface area contributed by atoms with Gasteiger partial charge in [0, 0.05) is 12.2 Å². The number of aryl methyl sites for hydroxylation is 1. The molecule has 120 valence electrons. The molecule has 1 aliphatic carbocycles. The number of nitrogens with zero attached hydrogens (tertiary/aromatic N) is 1. The number of carbonyl (C=O) groups excluding carboxylic acids is 1. The predicted octanol–water partition coefficient (Wildman–Crippen LogP) is 2.73. The topological polar surface area (TPSA) is 51.1 Å². The molecular formula is C19H22N2O2. The van der Waals surface area contributed by atoms with Crippen molar-refractivity contribution in [3.8, 4) is 0 Å². The Hall–Kier alpha value is -2.36. The van der Waals surface area contributed by atoms with Crippen molar-refractivity contribution in [1.82, 2.24) is 9.88 Å². The maximum absolute atomic E-state index is 12.6. The van der Waals surface area contributed by atoms with Gasteiger partial charge in [0.1, 0.15) is 5.56 Å². The molecule has 1 amide bonds. The number of aromatic nitrogens is 1. The van der Waals surface area contributed by atoms with Crippen LogP contribution in [0.2, 0.25) is 0 Å². The molecular weight excluding hydrogens is 288 g/mol. The summed E-state index contributed by atoms with van der Waals surface area (Å²) in [6, 6.07) is 11.5. The van der Waals surface area contributed by atoms with Crippen molar-refractivity contribution in [2.45, 2.75) is 39.3 Å². The largest absolute Gasteiger partial charge is 0.349 e. The zero-order valence-electron chi connectivity index (χ0n) is 13.6. The first-order valence-corrected chi connectivity index (χ1v) is 8.10. The van der Waals surface area contributed by atoms with Gasteiger partial charge in [-0.2, -0.15) is 0 Å².